The molecule has 0 saturated carbocycles. The van der Waals surface area contributed by atoms with Gasteiger partial charge in [0.25, 0.3) is 0 Å². The minimum absolute atomic E-state index is 0.0677. The van der Waals surface area contributed by atoms with Crippen LogP contribution in [0.3, 0.4) is 0 Å². The molecule has 6 nitrogen and oxygen atoms in total. The first-order valence-corrected chi connectivity index (χ1v) is 8.77. The SMILES string of the molecule is CC1NCCCC1NS(=O)(=O)Cc1noc2ccccc12. The predicted octanol–water partition coefficient (Wildman–Crippen LogP) is 1.39. The molecule has 0 aliphatic carbocycles. The van der Waals surface area contributed by atoms with Crippen LogP contribution in [-0.4, -0.2) is 32.2 Å². The number of benzene rings is 1. The van der Waals surface area contributed by atoms with Crippen molar-refractivity contribution in [2.24, 2.45) is 0 Å². The lowest BCUT2D eigenvalue weighted by Crippen LogP contribution is -2.52. The average molecular weight is 309 g/mol. The van der Waals surface area contributed by atoms with E-state index in [-0.39, 0.29) is 17.8 Å². The Labute approximate surface area is 123 Å². The van der Waals surface area contributed by atoms with Crippen LogP contribution in [0.2, 0.25) is 0 Å². The van der Waals surface area contributed by atoms with Crippen molar-refractivity contribution in [2.75, 3.05) is 6.54 Å². The highest BCUT2D eigenvalue weighted by Crippen LogP contribution is 2.20. The first-order chi connectivity index (χ1) is 10.1. The predicted molar refractivity (Wildman–Crippen MR) is 80.3 cm³/mol. The van der Waals surface area contributed by atoms with E-state index >= 15 is 0 Å². The number of nitrogens with one attached hydrogen (secondary N) is 2. The van der Waals surface area contributed by atoms with Crippen LogP contribution in [0.4, 0.5) is 0 Å². The van der Waals surface area contributed by atoms with E-state index in [2.05, 4.69) is 15.2 Å². The molecule has 114 valence electrons. The van der Waals surface area contributed by atoms with E-state index in [1.165, 1.54) is 0 Å². The third-order valence-electron chi connectivity index (χ3n) is 3.87. The van der Waals surface area contributed by atoms with Crippen molar-refractivity contribution >= 4 is 21.0 Å². The van der Waals surface area contributed by atoms with E-state index < -0.39 is 10.0 Å². The quantitative estimate of drug-likeness (QED) is 0.891. The topological polar surface area (TPSA) is 84.2 Å². The Balaban J connectivity index is 1.76. The fraction of sp³-hybridized carbons (Fsp3) is 0.500. The lowest BCUT2D eigenvalue weighted by molar-refractivity contribution is 0.348. The maximum atomic E-state index is 12.3. The summed E-state index contributed by atoms with van der Waals surface area (Å²) in [5, 5.41) is 7.91. The molecular weight excluding hydrogens is 290 g/mol. The Kier molecular flexibility index (Phi) is 3.97. The first-order valence-electron chi connectivity index (χ1n) is 7.12. The molecule has 2 atom stereocenters. The number of hydrogen-bond donors (Lipinski definition) is 2. The summed E-state index contributed by atoms with van der Waals surface area (Å²) in [4.78, 5) is 0. The maximum absolute atomic E-state index is 12.3. The number of aromatic nitrogens is 1. The van der Waals surface area contributed by atoms with Crippen LogP contribution in [0, 0.1) is 0 Å². The van der Waals surface area contributed by atoms with Gasteiger partial charge in [-0.1, -0.05) is 17.3 Å². The first kappa shape index (κ1) is 14.5. The van der Waals surface area contributed by atoms with Gasteiger partial charge in [0.05, 0.1) is 0 Å². The Morgan fingerprint density at radius 3 is 3.05 bits per heavy atom. The molecule has 2 aromatic rings. The number of piperidine rings is 1. The zero-order valence-corrected chi connectivity index (χ0v) is 12.7. The molecule has 3 rings (SSSR count). The van der Waals surface area contributed by atoms with Gasteiger partial charge in [0.1, 0.15) is 11.4 Å². The molecule has 2 heterocycles. The van der Waals surface area contributed by atoms with Crippen LogP contribution >= 0.6 is 0 Å². The number of sulfonamides is 1. The summed E-state index contributed by atoms with van der Waals surface area (Å²) in [6.45, 7) is 2.94. The molecule has 7 heteroatoms. The van der Waals surface area contributed by atoms with E-state index in [9.17, 15) is 8.42 Å². The Morgan fingerprint density at radius 1 is 1.43 bits per heavy atom. The summed E-state index contributed by atoms with van der Waals surface area (Å²) in [5.41, 5.74) is 1.06. The Bertz CT molecular complexity index is 726. The molecule has 2 N–H and O–H groups in total. The second-order valence-electron chi connectivity index (χ2n) is 5.49. The molecule has 1 aliphatic rings. The van der Waals surface area contributed by atoms with Gasteiger partial charge in [-0.05, 0) is 38.4 Å². The Morgan fingerprint density at radius 2 is 2.24 bits per heavy atom. The van der Waals surface area contributed by atoms with Crippen LogP contribution in [0.1, 0.15) is 25.5 Å². The number of para-hydroxylation sites is 1. The van der Waals surface area contributed by atoms with Crippen molar-refractivity contribution in [2.45, 2.75) is 37.6 Å². The number of hydrogen-bond acceptors (Lipinski definition) is 5. The number of rotatable bonds is 4. The summed E-state index contributed by atoms with van der Waals surface area (Å²) in [7, 11) is -3.44. The van der Waals surface area contributed by atoms with Crippen LogP contribution in [0.5, 0.6) is 0 Å². The fourth-order valence-electron chi connectivity index (χ4n) is 2.70. The second-order valence-corrected chi connectivity index (χ2v) is 7.25. The maximum Gasteiger partial charge on any atom is 0.217 e. The van der Waals surface area contributed by atoms with Crippen LogP contribution < -0.4 is 10.0 Å². The van der Waals surface area contributed by atoms with Crippen molar-refractivity contribution in [3.63, 3.8) is 0 Å². The monoisotopic (exact) mass is 309 g/mol. The molecule has 21 heavy (non-hydrogen) atoms. The minimum atomic E-state index is -3.44. The lowest BCUT2D eigenvalue weighted by Gasteiger charge is -2.30. The molecule has 1 aromatic carbocycles. The van der Waals surface area contributed by atoms with Crippen molar-refractivity contribution < 1.29 is 12.9 Å². The number of nitrogens with zero attached hydrogens (tertiary/aromatic N) is 1. The van der Waals surface area contributed by atoms with Gasteiger partial charge >= 0.3 is 0 Å². The molecule has 0 radical (unpaired) electrons. The third-order valence-corrected chi connectivity index (χ3v) is 5.19. The van der Waals surface area contributed by atoms with E-state index in [1.807, 2.05) is 25.1 Å². The Hall–Kier alpha value is -1.44. The molecular formula is C14H19N3O3S. The molecule has 0 bridgehead atoms. The van der Waals surface area contributed by atoms with E-state index in [0.29, 0.717) is 11.3 Å². The molecule has 0 spiro atoms. The molecule has 0 amide bonds. The standard InChI is InChI=1S/C14H19N3O3S/c1-10-12(6-4-8-15-10)17-21(18,19)9-13-11-5-2-3-7-14(11)20-16-13/h2-3,5,7,10,12,15,17H,4,6,8-9H2,1H3. The highest BCUT2D eigenvalue weighted by atomic mass is 32.2. The zero-order chi connectivity index (χ0) is 14.9. The van der Waals surface area contributed by atoms with Crippen molar-refractivity contribution in [3.8, 4) is 0 Å². The van der Waals surface area contributed by atoms with Crippen molar-refractivity contribution in [1.29, 1.82) is 0 Å². The fourth-order valence-corrected chi connectivity index (χ4v) is 4.13. The third kappa shape index (κ3) is 3.25. The van der Waals surface area contributed by atoms with Gasteiger partial charge in [-0.25, -0.2) is 13.1 Å². The average Bonchev–Trinajstić information content (AvgIpc) is 2.84. The molecule has 2 unspecified atom stereocenters. The summed E-state index contributed by atoms with van der Waals surface area (Å²) in [6.07, 6.45) is 1.83. The smallest absolute Gasteiger partial charge is 0.217 e. The van der Waals surface area contributed by atoms with Crippen molar-refractivity contribution in [3.05, 3.63) is 30.0 Å². The molecule has 1 saturated heterocycles. The highest BCUT2D eigenvalue weighted by molar-refractivity contribution is 7.88. The summed E-state index contributed by atoms with van der Waals surface area (Å²) in [5.74, 6) is -0.159. The van der Waals surface area contributed by atoms with Gasteiger partial charge in [-0.2, -0.15) is 0 Å². The minimum Gasteiger partial charge on any atom is -0.356 e. The van der Waals surface area contributed by atoms with Gasteiger partial charge in [-0.15, -0.1) is 0 Å². The van der Waals surface area contributed by atoms with Crippen molar-refractivity contribution in [1.82, 2.24) is 15.2 Å². The van der Waals surface area contributed by atoms with Gasteiger partial charge in [-0.3, -0.25) is 0 Å². The van der Waals surface area contributed by atoms with E-state index in [4.69, 9.17) is 4.52 Å². The van der Waals surface area contributed by atoms with Crippen LogP contribution in [0.25, 0.3) is 11.0 Å². The lowest BCUT2D eigenvalue weighted by atomic mass is 10.0. The van der Waals surface area contributed by atoms with Gasteiger partial charge in [0.15, 0.2) is 5.58 Å². The van der Waals surface area contributed by atoms with Gasteiger partial charge in [0, 0.05) is 17.5 Å². The van der Waals surface area contributed by atoms with Gasteiger partial charge in [0.2, 0.25) is 10.0 Å². The molecule has 1 fully saturated rings. The van der Waals surface area contributed by atoms with E-state index in [1.54, 1.807) is 6.07 Å². The van der Waals surface area contributed by atoms with Crippen LogP contribution in [-0.2, 0) is 15.8 Å². The summed E-state index contributed by atoms with van der Waals surface area (Å²) < 4.78 is 32.6. The molecule has 1 aromatic heterocycles. The van der Waals surface area contributed by atoms with E-state index in [0.717, 1.165) is 24.8 Å². The molecule has 1 aliphatic heterocycles. The normalized spacial score (nSPS) is 23.5. The summed E-state index contributed by atoms with van der Waals surface area (Å²) >= 11 is 0. The summed E-state index contributed by atoms with van der Waals surface area (Å²) in [6, 6.07) is 7.35. The highest BCUT2D eigenvalue weighted by Gasteiger charge is 2.26. The number of fused-ring (bicyclic) bond motifs is 1. The second kappa shape index (κ2) is 5.75. The van der Waals surface area contributed by atoms with Gasteiger partial charge < -0.3 is 9.84 Å². The largest absolute Gasteiger partial charge is 0.356 e. The zero-order valence-electron chi connectivity index (χ0n) is 11.9. The van der Waals surface area contributed by atoms with Crippen LogP contribution in [0.15, 0.2) is 28.8 Å².